The number of allylic oxidation sites excluding steroid dienone is 4. The molecule has 16 nitrogen and oxygen atoms in total. The van der Waals surface area contributed by atoms with Gasteiger partial charge in [-0.2, -0.15) is 0 Å². The number of halogens is 4. The van der Waals surface area contributed by atoms with Crippen molar-refractivity contribution in [3.8, 4) is 11.1 Å². The minimum atomic E-state index is -2.99. The molecule has 0 saturated carbocycles. The minimum absolute atomic E-state index is 0.177. The van der Waals surface area contributed by atoms with Crippen LogP contribution in [0, 0.1) is 23.3 Å². The Labute approximate surface area is 606 Å². The Balaban J connectivity index is 1.03. The summed E-state index contributed by atoms with van der Waals surface area (Å²) < 4.78 is 100.0. The van der Waals surface area contributed by atoms with Crippen molar-refractivity contribution in [3.63, 3.8) is 0 Å². The number of Topliss-reactive ketones (excluding diaryl/α,β-unsaturated/α-hetero) is 4. The smallest absolute Gasteiger partial charge is 0.333 e. The van der Waals surface area contributed by atoms with E-state index in [2.05, 4.69) is 0 Å². The molecule has 0 bridgehead atoms. The summed E-state index contributed by atoms with van der Waals surface area (Å²) in [5, 5.41) is 0. The van der Waals surface area contributed by atoms with Gasteiger partial charge in [0.05, 0.1) is 11.1 Å². The lowest BCUT2D eigenvalue weighted by Gasteiger charge is -2.30. The van der Waals surface area contributed by atoms with Crippen LogP contribution in [-0.4, -0.2) is 58.9 Å². The van der Waals surface area contributed by atoms with Gasteiger partial charge in [-0.05, 0) is 150 Å². The molecule has 0 heterocycles. The normalized spacial score (nSPS) is 15.6. The zero-order valence-corrected chi connectivity index (χ0v) is 56.0. The molecule has 5 aliphatic carbocycles. The van der Waals surface area contributed by atoms with Crippen molar-refractivity contribution in [1.29, 1.82) is 0 Å². The molecule has 0 aliphatic heterocycles. The first-order valence-electron chi connectivity index (χ1n) is 33.5. The second-order valence-electron chi connectivity index (χ2n) is 25.8. The summed E-state index contributed by atoms with van der Waals surface area (Å²) in [5.74, 6) is -18.9. The Kier molecular flexibility index (Phi) is 18.0. The molecule has 0 amide bonds. The molecule has 20 heteroatoms. The van der Waals surface area contributed by atoms with E-state index < -0.39 is 183 Å². The minimum Gasteiger partial charge on any atom is -0.459 e. The molecule has 15 rings (SSSR count). The lowest BCUT2D eigenvalue weighted by molar-refractivity contribution is -0.166. The summed E-state index contributed by atoms with van der Waals surface area (Å²) in [6, 6.07) is 56.9. The number of rotatable bonds is 20. The summed E-state index contributed by atoms with van der Waals surface area (Å²) in [6.45, 7) is -3.12. The van der Waals surface area contributed by atoms with Gasteiger partial charge in [0.15, 0.2) is 0 Å². The fourth-order valence-electron chi connectivity index (χ4n) is 14.4. The van der Waals surface area contributed by atoms with Gasteiger partial charge in [-0.3, -0.25) is 47.9 Å². The highest BCUT2D eigenvalue weighted by molar-refractivity contribution is 6.64. The maximum absolute atomic E-state index is 16.4. The van der Waals surface area contributed by atoms with Crippen LogP contribution in [0.1, 0.15) is 98.6 Å². The average Bonchev–Trinajstić information content (AvgIpc) is 1.51. The van der Waals surface area contributed by atoms with Crippen molar-refractivity contribution >= 4 is 82.2 Å². The molecular weight excluding hydrogens is 1380 g/mol. The van der Waals surface area contributed by atoms with Crippen LogP contribution in [0.4, 0.5) is 17.6 Å². The van der Waals surface area contributed by atoms with E-state index in [0.717, 1.165) is 24.3 Å². The average molecular weight is 1430 g/mol. The molecule has 0 unspecified atom stereocenters. The van der Waals surface area contributed by atoms with Crippen LogP contribution in [0.2, 0.25) is 0 Å². The van der Waals surface area contributed by atoms with E-state index in [9.17, 15) is 19.2 Å². The molecule has 0 saturated heterocycles. The first-order valence-corrected chi connectivity index (χ1v) is 33.5. The molecular formula is C87H54F4O16. The van der Waals surface area contributed by atoms with Crippen LogP contribution < -0.4 is 0 Å². The lowest BCUT2D eigenvalue weighted by atomic mass is 9.73. The number of carbonyl (C=O) groups is 10. The number of hydrogen-bond acceptors (Lipinski definition) is 16. The highest BCUT2D eigenvalue weighted by atomic mass is 19.1. The van der Waals surface area contributed by atoms with E-state index in [1.807, 2.05) is 0 Å². The molecule has 0 atom stereocenters. The summed E-state index contributed by atoms with van der Waals surface area (Å²) in [5.41, 5.74) is -13.6. The van der Waals surface area contributed by atoms with Crippen molar-refractivity contribution in [2.24, 2.45) is 0 Å². The van der Waals surface area contributed by atoms with Crippen molar-refractivity contribution in [2.45, 2.75) is 55.9 Å². The summed E-state index contributed by atoms with van der Waals surface area (Å²) >= 11 is 0. The second-order valence-corrected chi connectivity index (χ2v) is 25.8. The van der Waals surface area contributed by atoms with E-state index in [1.165, 1.54) is 36.4 Å². The summed E-state index contributed by atoms with van der Waals surface area (Å²) in [6.07, 6.45) is 4.29. The Hall–Kier alpha value is -13.6. The third kappa shape index (κ3) is 11.8. The Morgan fingerprint density at radius 2 is 0.542 bits per heavy atom. The van der Waals surface area contributed by atoms with E-state index in [4.69, 9.17) is 28.4 Å². The van der Waals surface area contributed by atoms with Gasteiger partial charge in [0, 0.05) is 34.4 Å². The predicted molar refractivity (Wildman–Crippen MR) is 377 cm³/mol. The topological polar surface area (TPSA) is 226 Å². The SMILES string of the molecule is O=C1C(=O)c2c(F)cc(F)cc2/C1=C/C1=Cc2cc3c(cc2C1(C(=O)OCc1ccccc1)C(=O)OCc1ccccc1)-c1cc2c(cc1C3(C(=O)OCc1ccccc1)C(=O)OCc1ccccc1)C=C(/C=C1\C(=O)C(=O)c3c(F)cc(F)cc31)C2(C(=O)OCc1ccccc1)C(=O)OCc1ccccc1. The molecule has 107 heavy (non-hydrogen) atoms. The van der Waals surface area contributed by atoms with E-state index in [-0.39, 0.29) is 44.5 Å². The summed E-state index contributed by atoms with van der Waals surface area (Å²) in [7, 11) is 0. The Bertz CT molecular complexity index is 5140. The van der Waals surface area contributed by atoms with Gasteiger partial charge in [-0.25, -0.2) is 17.6 Å². The third-order valence-corrected chi connectivity index (χ3v) is 19.5. The van der Waals surface area contributed by atoms with Gasteiger partial charge < -0.3 is 28.4 Å². The lowest BCUT2D eigenvalue weighted by Crippen LogP contribution is -2.47. The molecule has 0 fully saturated rings. The Morgan fingerprint density at radius 1 is 0.290 bits per heavy atom. The predicted octanol–water partition coefficient (Wildman–Crippen LogP) is 13.9. The van der Waals surface area contributed by atoms with Crippen molar-refractivity contribution in [3.05, 3.63) is 366 Å². The number of benzene rings is 10. The van der Waals surface area contributed by atoms with Gasteiger partial charge in [0.25, 0.3) is 0 Å². The van der Waals surface area contributed by atoms with Crippen LogP contribution in [0.15, 0.2) is 254 Å². The summed E-state index contributed by atoms with van der Waals surface area (Å²) in [4.78, 5) is 154. The molecule has 0 N–H and O–H groups in total. The number of ketones is 4. The highest BCUT2D eigenvalue weighted by Crippen LogP contribution is 2.59. The molecule has 0 aromatic heterocycles. The third-order valence-electron chi connectivity index (χ3n) is 19.5. The van der Waals surface area contributed by atoms with Gasteiger partial charge in [0.1, 0.15) is 62.9 Å². The van der Waals surface area contributed by atoms with E-state index in [0.29, 0.717) is 45.5 Å². The van der Waals surface area contributed by atoms with Crippen LogP contribution in [0.3, 0.4) is 0 Å². The molecule has 0 radical (unpaired) electrons. The van der Waals surface area contributed by atoms with Crippen molar-refractivity contribution in [2.75, 3.05) is 0 Å². The standard InChI is InChI=1S/C87H54F4O16/c88-59-37-63-65(75(92)77(94)73(63)71(90)39-59)35-57-31-55-33-69-61(41-67(55)85(57,79(96)102-43-49-19-7-1-8-20-49)80(97)103-44-50-21-9-2-10-22-50)62-42-68-56(34-70(62)87(69,83(100)106-47-53-27-15-5-16-28-53)84(101)107-48-54-29-17-6-18-30-54)32-58(36-66-64-38-60(89)40-72(91)74(64)78(95)76(66)93)86(68,81(98)104-45-51-23-11-3-12-24-51)82(99)105-46-52-25-13-4-14-26-52/h1-42H,43-48H2/b65-35-,66-36-. The highest BCUT2D eigenvalue weighted by Gasteiger charge is 2.64. The molecule has 10 aromatic carbocycles. The van der Waals surface area contributed by atoms with Crippen LogP contribution in [-0.2, 0) is 123 Å². The fraction of sp³-hybridized carbons (Fsp3) is 0.103. The quantitative estimate of drug-likeness (QED) is 0.0173. The van der Waals surface area contributed by atoms with E-state index >= 15 is 46.3 Å². The number of fused-ring (bicyclic) bond motifs is 7. The molecule has 0 spiro atoms. The number of hydrogen-bond donors (Lipinski definition) is 0. The first-order chi connectivity index (χ1) is 51.8. The second kappa shape index (κ2) is 27.9. The van der Waals surface area contributed by atoms with Crippen LogP contribution in [0.5, 0.6) is 0 Å². The number of carbonyl (C=O) groups excluding carboxylic acids is 10. The van der Waals surface area contributed by atoms with E-state index in [1.54, 1.807) is 182 Å². The van der Waals surface area contributed by atoms with Crippen molar-refractivity contribution in [1.82, 2.24) is 0 Å². The maximum atomic E-state index is 16.4. The molecule has 526 valence electrons. The van der Waals surface area contributed by atoms with Gasteiger partial charge >= 0.3 is 35.8 Å². The zero-order valence-electron chi connectivity index (χ0n) is 56.0. The van der Waals surface area contributed by atoms with Crippen LogP contribution >= 0.6 is 0 Å². The van der Waals surface area contributed by atoms with Gasteiger partial charge in [-0.15, -0.1) is 0 Å². The van der Waals surface area contributed by atoms with Crippen molar-refractivity contribution < 1.29 is 93.9 Å². The monoisotopic (exact) mass is 1430 g/mol. The Morgan fingerprint density at radius 3 is 0.804 bits per heavy atom. The number of esters is 6. The molecule has 10 aromatic rings. The largest absolute Gasteiger partial charge is 0.459 e. The van der Waals surface area contributed by atoms with Gasteiger partial charge in [-0.1, -0.05) is 182 Å². The zero-order chi connectivity index (χ0) is 74.5. The van der Waals surface area contributed by atoms with Crippen LogP contribution in [0.25, 0.3) is 34.4 Å². The van der Waals surface area contributed by atoms with Gasteiger partial charge in [0.2, 0.25) is 39.4 Å². The maximum Gasteiger partial charge on any atom is 0.333 e. The number of ether oxygens (including phenoxy) is 6. The fourth-order valence-corrected chi connectivity index (χ4v) is 14.4. The molecule has 5 aliphatic rings. The first kappa shape index (κ1) is 69.1.